The van der Waals surface area contributed by atoms with Gasteiger partial charge >= 0.3 is 0 Å². The van der Waals surface area contributed by atoms with Crippen molar-refractivity contribution in [3.8, 4) is 0 Å². The second kappa shape index (κ2) is 8.92. The van der Waals surface area contributed by atoms with E-state index in [1.54, 1.807) is 16.8 Å². The van der Waals surface area contributed by atoms with Crippen LogP contribution in [0.25, 0.3) is 0 Å². The van der Waals surface area contributed by atoms with E-state index in [1.807, 2.05) is 67.8 Å². The van der Waals surface area contributed by atoms with E-state index in [4.69, 9.17) is 0 Å². The summed E-state index contributed by atoms with van der Waals surface area (Å²) >= 11 is 1.69. The lowest BCUT2D eigenvalue weighted by molar-refractivity contribution is -0.120. The Bertz CT molecular complexity index is 1190. The second-order valence-electron chi connectivity index (χ2n) is 8.44. The molecule has 6 nitrogen and oxygen atoms in total. The van der Waals surface area contributed by atoms with Crippen LogP contribution in [-0.2, 0) is 11.3 Å². The number of rotatable bonds is 5. The van der Waals surface area contributed by atoms with Crippen LogP contribution in [-0.4, -0.2) is 24.6 Å². The van der Waals surface area contributed by atoms with Gasteiger partial charge in [0.2, 0.25) is 5.91 Å². The third kappa shape index (κ3) is 4.21. The van der Waals surface area contributed by atoms with Crippen LogP contribution >= 0.6 is 11.8 Å². The highest BCUT2D eigenvalue weighted by Crippen LogP contribution is 2.39. The van der Waals surface area contributed by atoms with E-state index >= 15 is 0 Å². The first-order valence-electron chi connectivity index (χ1n) is 11.0. The maximum atomic E-state index is 13.1. The van der Waals surface area contributed by atoms with Crippen LogP contribution in [0.2, 0.25) is 0 Å². The molecular weight excluding hydrogens is 432 g/mol. The summed E-state index contributed by atoms with van der Waals surface area (Å²) in [6.45, 7) is 3.05. The molecule has 3 N–H and O–H groups in total. The van der Waals surface area contributed by atoms with Gasteiger partial charge in [0, 0.05) is 29.2 Å². The fourth-order valence-electron chi connectivity index (χ4n) is 4.36. The molecule has 1 saturated heterocycles. The van der Waals surface area contributed by atoms with Crippen molar-refractivity contribution in [2.75, 3.05) is 23.1 Å². The standard InChI is InChI=1S/C26H26N4O2S/c1-16-3-8-19(9-4-16)30-26(32)22-15-27-23-12-7-18(13-21(23)24(22)29-30)25(31)28-14-17-5-10-20(33-2)11-6-17/h3-13,22,24,27,29H,14-15H2,1-2H3,(H,28,31). The fraction of sp³-hybridized carbons (Fsp3) is 0.231. The summed E-state index contributed by atoms with van der Waals surface area (Å²) in [4.78, 5) is 27.2. The monoisotopic (exact) mass is 458 g/mol. The van der Waals surface area contributed by atoms with E-state index in [-0.39, 0.29) is 23.8 Å². The number of nitrogens with zero attached hydrogens (tertiary/aromatic N) is 1. The van der Waals surface area contributed by atoms with Crippen LogP contribution in [0.4, 0.5) is 11.4 Å². The number of hydrazine groups is 1. The van der Waals surface area contributed by atoms with Crippen molar-refractivity contribution < 1.29 is 9.59 Å². The van der Waals surface area contributed by atoms with Crippen LogP contribution in [0.5, 0.6) is 0 Å². The molecule has 33 heavy (non-hydrogen) atoms. The third-order valence-corrected chi connectivity index (χ3v) is 7.02. The molecule has 2 unspecified atom stereocenters. The molecule has 1 fully saturated rings. The minimum atomic E-state index is -0.230. The molecule has 2 amide bonds. The Morgan fingerprint density at radius 2 is 1.85 bits per heavy atom. The molecule has 2 heterocycles. The Morgan fingerprint density at radius 3 is 2.58 bits per heavy atom. The number of carbonyl (C=O) groups is 2. The largest absolute Gasteiger partial charge is 0.384 e. The van der Waals surface area contributed by atoms with Crippen molar-refractivity contribution in [2.24, 2.45) is 5.92 Å². The zero-order valence-electron chi connectivity index (χ0n) is 18.6. The Morgan fingerprint density at radius 1 is 1.09 bits per heavy atom. The topological polar surface area (TPSA) is 73.5 Å². The molecule has 168 valence electrons. The van der Waals surface area contributed by atoms with Gasteiger partial charge in [-0.05, 0) is 66.8 Å². The molecule has 0 aromatic heterocycles. The summed E-state index contributed by atoms with van der Waals surface area (Å²) in [6, 6.07) is 21.5. The number of hydrogen-bond acceptors (Lipinski definition) is 5. The summed E-state index contributed by atoms with van der Waals surface area (Å²) in [5, 5.41) is 8.00. The Labute approximate surface area is 197 Å². The zero-order chi connectivity index (χ0) is 22.9. The number of anilines is 2. The minimum absolute atomic E-state index is 0.0329. The second-order valence-corrected chi connectivity index (χ2v) is 9.32. The van der Waals surface area contributed by atoms with Crippen molar-refractivity contribution in [1.82, 2.24) is 10.7 Å². The lowest BCUT2D eigenvalue weighted by Crippen LogP contribution is -2.35. The van der Waals surface area contributed by atoms with Crippen LogP contribution < -0.4 is 21.1 Å². The first-order chi connectivity index (χ1) is 16.0. The maximum Gasteiger partial charge on any atom is 0.251 e. The first kappa shape index (κ1) is 21.6. The number of aryl methyl sites for hydroxylation is 1. The van der Waals surface area contributed by atoms with Gasteiger partial charge in [0.25, 0.3) is 5.91 Å². The molecule has 0 spiro atoms. The molecule has 0 saturated carbocycles. The summed E-state index contributed by atoms with van der Waals surface area (Å²) in [7, 11) is 0. The number of fused-ring (bicyclic) bond motifs is 3. The predicted molar refractivity (Wildman–Crippen MR) is 132 cm³/mol. The van der Waals surface area contributed by atoms with Crippen molar-refractivity contribution >= 4 is 35.0 Å². The van der Waals surface area contributed by atoms with Gasteiger partial charge in [0.1, 0.15) is 0 Å². The van der Waals surface area contributed by atoms with E-state index < -0.39 is 0 Å². The number of amides is 2. The van der Waals surface area contributed by atoms with Crippen molar-refractivity contribution in [3.05, 3.63) is 89.0 Å². The van der Waals surface area contributed by atoms with E-state index in [1.165, 1.54) is 4.90 Å². The molecule has 0 radical (unpaired) electrons. The van der Waals surface area contributed by atoms with Crippen LogP contribution in [0.3, 0.4) is 0 Å². The third-order valence-electron chi connectivity index (χ3n) is 6.27. The summed E-state index contributed by atoms with van der Waals surface area (Å²) < 4.78 is 0. The molecule has 3 aromatic carbocycles. The van der Waals surface area contributed by atoms with Crippen molar-refractivity contribution in [3.63, 3.8) is 0 Å². The molecule has 2 atom stereocenters. The molecule has 7 heteroatoms. The number of nitrogens with one attached hydrogen (secondary N) is 3. The van der Waals surface area contributed by atoms with Gasteiger partial charge in [-0.25, -0.2) is 10.4 Å². The summed E-state index contributed by atoms with van der Waals surface area (Å²) in [6.07, 6.45) is 2.04. The number of benzene rings is 3. The first-order valence-corrected chi connectivity index (χ1v) is 12.2. The van der Waals surface area contributed by atoms with Crippen LogP contribution in [0.15, 0.2) is 71.6 Å². The average molecular weight is 459 g/mol. The van der Waals surface area contributed by atoms with Gasteiger partial charge in [-0.15, -0.1) is 11.8 Å². The minimum Gasteiger partial charge on any atom is -0.384 e. The smallest absolute Gasteiger partial charge is 0.251 e. The highest BCUT2D eigenvalue weighted by molar-refractivity contribution is 7.98. The molecule has 3 aromatic rings. The number of carbonyl (C=O) groups excluding carboxylic acids is 2. The fourth-order valence-corrected chi connectivity index (χ4v) is 4.77. The Kier molecular flexibility index (Phi) is 5.83. The van der Waals surface area contributed by atoms with Gasteiger partial charge in [0.15, 0.2) is 0 Å². The molecule has 0 bridgehead atoms. The van der Waals surface area contributed by atoms with Gasteiger partial charge in [-0.3, -0.25) is 9.59 Å². The normalized spacial score (nSPS) is 19.0. The molecular formula is C26H26N4O2S. The van der Waals surface area contributed by atoms with Gasteiger partial charge in [-0.1, -0.05) is 29.8 Å². The number of hydrogen-bond donors (Lipinski definition) is 3. The highest BCUT2D eigenvalue weighted by atomic mass is 32.2. The van der Waals surface area contributed by atoms with Gasteiger partial charge in [0.05, 0.1) is 17.6 Å². The molecule has 2 aliphatic rings. The highest BCUT2D eigenvalue weighted by Gasteiger charge is 2.44. The van der Waals surface area contributed by atoms with Crippen LogP contribution in [0.1, 0.15) is 33.1 Å². The zero-order valence-corrected chi connectivity index (χ0v) is 19.4. The summed E-state index contributed by atoms with van der Waals surface area (Å²) in [5.74, 6) is -0.328. The van der Waals surface area contributed by atoms with Crippen LogP contribution in [0, 0.1) is 12.8 Å². The summed E-state index contributed by atoms with van der Waals surface area (Å²) in [5.41, 5.74) is 8.87. The SMILES string of the molecule is CSc1ccc(CNC(=O)c2ccc3c(c2)C2NN(c4ccc(C)cc4)C(=O)C2CN3)cc1. The molecule has 2 aliphatic heterocycles. The molecule has 0 aliphatic carbocycles. The molecule has 5 rings (SSSR count). The lowest BCUT2D eigenvalue weighted by atomic mass is 9.88. The Hall–Kier alpha value is -3.29. The van der Waals surface area contributed by atoms with Gasteiger partial charge in [-0.2, -0.15) is 0 Å². The van der Waals surface area contributed by atoms with Crippen molar-refractivity contribution in [2.45, 2.75) is 24.4 Å². The predicted octanol–water partition coefficient (Wildman–Crippen LogP) is 4.28. The Balaban J connectivity index is 1.33. The van der Waals surface area contributed by atoms with E-state index in [0.29, 0.717) is 18.7 Å². The quantitative estimate of drug-likeness (QED) is 0.498. The van der Waals surface area contributed by atoms with E-state index in [0.717, 1.165) is 28.1 Å². The average Bonchev–Trinajstić information content (AvgIpc) is 3.19. The maximum absolute atomic E-state index is 13.1. The number of thioether (sulfide) groups is 1. The van der Waals surface area contributed by atoms with Crippen molar-refractivity contribution in [1.29, 1.82) is 0 Å². The van der Waals surface area contributed by atoms with Gasteiger partial charge < -0.3 is 10.6 Å². The van der Waals surface area contributed by atoms with E-state index in [2.05, 4.69) is 28.2 Å². The lowest BCUT2D eigenvalue weighted by Gasteiger charge is -2.27. The van der Waals surface area contributed by atoms with E-state index in [9.17, 15) is 9.59 Å².